The van der Waals surface area contributed by atoms with E-state index in [0.29, 0.717) is 136 Å². The number of piperidine rings is 3. The van der Waals surface area contributed by atoms with E-state index < -0.39 is 18.1 Å². The number of aryl methyl sites for hydroxylation is 7. The van der Waals surface area contributed by atoms with Crippen molar-refractivity contribution in [1.29, 1.82) is 0 Å². The highest BCUT2D eigenvalue weighted by atomic mass is 79.9. The van der Waals surface area contributed by atoms with Gasteiger partial charge in [-0.15, -0.1) is 0 Å². The first-order chi connectivity index (χ1) is 71.8. The summed E-state index contributed by atoms with van der Waals surface area (Å²) in [5.41, 5.74) is 14.2. The van der Waals surface area contributed by atoms with Crippen molar-refractivity contribution in [1.82, 2.24) is 93.8 Å². The van der Waals surface area contributed by atoms with Crippen LogP contribution in [0.25, 0.3) is 66.1 Å². The standard InChI is InChI=1S/C40H46N6O4.C39H46BrN7O4.C39H46N6O4/c1-23-9-11-28-15-29(30-20-41-27(5)42-21-30)16-33-38(26(4)47)44-45(39(28)33)22-37(50)46-34(35(49)17-31-8-6-7-25(3)43-31)18-40(19-36(40)46)14-13-32(48)12-10-24(23)2;1-23-10-7-6-8-13-45(4)22-39-17-31(32(49)16-28-11-9-12-34(40)43-28)47(33(39)18-39)35(50)21-46-37-29(36(44-46)24(2)48)14-26(15-30(37)38(23)51-5)27-19-41-25(3)42-20-27;1-24-11-10-13-30(42-24)17-33(47)32-18-39-19-34(39)45(32)35(48)22-44-37-27(12-8-6-7-9-14-38(4,5)49-23-39)15-28(29-20-40-26(3)41-21-29)16-31(37)36(43-44)25(2)46/h6-8,15-16,20-21,23-24,34,36H,9-14,17-19,22H2,1-5H3;9,11-12,14-15,19-20,23,31,33,38H,6-8,10,13,16-18,21-22H2,1-5H3;10-11,13,15-16,20-21,32,34H,6-9,12,14,17-19,22-23H2,1-5H3/t23?,24?,34-,36+,40-;23?,31-,33+,38?,39-;32-,34+,39-/m000/s1. The van der Waals surface area contributed by atoms with Crippen LogP contribution < -0.4 is 0 Å². The minimum atomic E-state index is -0.597. The van der Waals surface area contributed by atoms with Gasteiger partial charge in [0.05, 0.1) is 72.2 Å². The van der Waals surface area contributed by atoms with Crippen molar-refractivity contribution >= 4 is 107 Å². The topological polar surface area (TPSA) is 372 Å². The number of nitrogens with zero attached hydrogens (tertiary/aromatic N) is 19. The third kappa shape index (κ3) is 22.5. The second-order valence-corrected chi connectivity index (χ2v) is 46.1. The molecule has 3 saturated carbocycles. The van der Waals surface area contributed by atoms with Crippen molar-refractivity contribution in [2.75, 3.05) is 33.9 Å². The number of pyridine rings is 3. The number of carbonyl (C=O) groups excluding carboxylic acids is 10. The molecular formula is C118H138BrN19O12. The number of Topliss-reactive ketones (excluding diaryl/α,β-unsaturated/α-hetero) is 7. The van der Waals surface area contributed by atoms with Gasteiger partial charge in [0.25, 0.3) is 0 Å². The number of carbonyl (C=O) groups is 10. The van der Waals surface area contributed by atoms with Crippen LogP contribution in [0.3, 0.4) is 0 Å². The zero-order chi connectivity index (χ0) is 106. The molecule has 4 unspecified atom stereocenters. The molecule has 3 saturated heterocycles. The van der Waals surface area contributed by atoms with Gasteiger partial charge in [0, 0.05) is 180 Å². The van der Waals surface area contributed by atoms with E-state index in [0.717, 1.165) is 187 Å². The molecule has 9 aromatic heterocycles. The number of aromatic nitrogens is 15. The van der Waals surface area contributed by atoms with Gasteiger partial charge in [0.1, 0.15) is 64.6 Å². The third-order valence-electron chi connectivity index (χ3n) is 33.6. The number of ether oxygens (including phenoxy) is 2. The van der Waals surface area contributed by atoms with Gasteiger partial charge in [0.15, 0.2) is 34.7 Å². The van der Waals surface area contributed by atoms with Crippen molar-refractivity contribution in [2.24, 2.45) is 34.0 Å². The number of hydrogen-bond donors (Lipinski definition) is 0. The molecule has 13 atom stereocenters. The van der Waals surface area contributed by atoms with Crippen molar-refractivity contribution < 1.29 is 57.4 Å². The van der Waals surface area contributed by atoms with Gasteiger partial charge in [0.2, 0.25) is 17.7 Å². The molecule has 0 N–H and O–H groups in total. The highest BCUT2D eigenvalue weighted by molar-refractivity contribution is 9.10. The van der Waals surface area contributed by atoms with Crippen LogP contribution in [0.5, 0.6) is 0 Å². The highest BCUT2D eigenvalue weighted by Crippen LogP contribution is 2.64. The lowest BCUT2D eigenvalue weighted by molar-refractivity contribution is -0.139. The maximum Gasteiger partial charge on any atom is 0.245 e. The van der Waals surface area contributed by atoms with Gasteiger partial charge in [-0.25, -0.2) is 34.9 Å². The molecule has 784 valence electrons. The van der Waals surface area contributed by atoms with Crippen molar-refractivity contribution in [3.63, 3.8) is 0 Å². The van der Waals surface area contributed by atoms with Crippen LogP contribution in [-0.2, 0) is 94.8 Å². The predicted molar refractivity (Wildman–Crippen MR) is 573 cm³/mol. The second kappa shape index (κ2) is 43.5. The number of methoxy groups -OCH3 is 1. The van der Waals surface area contributed by atoms with Crippen LogP contribution >= 0.6 is 15.9 Å². The van der Waals surface area contributed by atoms with Crippen LogP contribution in [0.2, 0.25) is 0 Å². The summed E-state index contributed by atoms with van der Waals surface area (Å²) in [7, 11) is 3.88. The molecular weight excluding hydrogens is 1960 g/mol. The first-order valence-corrected chi connectivity index (χ1v) is 54.5. The number of rotatable bonds is 16. The van der Waals surface area contributed by atoms with Gasteiger partial charge in [-0.2, -0.15) is 15.3 Å². The number of halogens is 1. The molecule has 32 heteroatoms. The van der Waals surface area contributed by atoms with E-state index in [1.54, 1.807) is 63.2 Å². The second-order valence-electron chi connectivity index (χ2n) is 45.3. The average Bonchev–Trinajstić information content (AvgIpc) is 1.54. The summed E-state index contributed by atoms with van der Waals surface area (Å²) in [6, 6.07) is 27.2. The van der Waals surface area contributed by atoms with E-state index in [1.807, 2.05) is 117 Å². The Hall–Kier alpha value is -12.8. The van der Waals surface area contributed by atoms with Crippen LogP contribution in [0, 0.1) is 68.6 Å². The summed E-state index contributed by atoms with van der Waals surface area (Å²) >= 11 is 3.43. The van der Waals surface area contributed by atoms with E-state index in [1.165, 1.54) is 20.8 Å². The fourth-order valence-corrected chi connectivity index (χ4v) is 25.4. The fraction of sp³-hybridized carbons (Fsp3) is 0.508. The first kappa shape index (κ1) is 106. The number of hydrogen-bond acceptors (Lipinski definition) is 25. The van der Waals surface area contributed by atoms with E-state index in [9.17, 15) is 47.9 Å². The van der Waals surface area contributed by atoms with Crippen LogP contribution in [0.1, 0.15) is 284 Å². The molecule has 6 fully saturated rings. The predicted octanol–water partition coefficient (Wildman–Crippen LogP) is 18.6. The summed E-state index contributed by atoms with van der Waals surface area (Å²) in [6.45, 7) is 26.9. The van der Waals surface area contributed by atoms with E-state index in [-0.39, 0.29) is 149 Å². The lowest BCUT2D eigenvalue weighted by atomic mass is 9.85. The van der Waals surface area contributed by atoms with Crippen molar-refractivity contribution in [3.05, 3.63) is 212 Å². The number of ketones is 7. The molecule has 0 radical (unpaired) electrons. The minimum absolute atomic E-state index is 0.00733. The molecule has 6 bridgehead atoms. The molecule has 9 aliphatic rings. The smallest absolute Gasteiger partial charge is 0.245 e. The summed E-state index contributed by atoms with van der Waals surface area (Å²) in [4.78, 5) is 186. The summed E-state index contributed by atoms with van der Waals surface area (Å²) in [5.74, 6) is 2.03. The van der Waals surface area contributed by atoms with Gasteiger partial charge < -0.3 is 29.1 Å². The Balaban J connectivity index is 0.000000141. The Labute approximate surface area is 884 Å². The summed E-state index contributed by atoms with van der Waals surface area (Å²) in [6.07, 6.45) is 29.3. The van der Waals surface area contributed by atoms with Crippen molar-refractivity contribution in [2.45, 2.75) is 318 Å². The van der Waals surface area contributed by atoms with Crippen LogP contribution in [0.4, 0.5) is 0 Å². The average molecular weight is 2090 g/mol. The largest absolute Gasteiger partial charge is 0.376 e. The third-order valence-corrected chi connectivity index (χ3v) is 34.0. The van der Waals surface area contributed by atoms with E-state index in [4.69, 9.17) is 24.8 Å². The molecule has 3 aromatic carbocycles. The zero-order valence-corrected chi connectivity index (χ0v) is 90.7. The van der Waals surface area contributed by atoms with Crippen LogP contribution in [0.15, 0.2) is 133 Å². The fourth-order valence-electron chi connectivity index (χ4n) is 25.0. The lowest BCUT2D eigenvalue weighted by Gasteiger charge is -2.28. The first-order valence-electron chi connectivity index (χ1n) is 53.7. The monoisotopic (exact) mass is 2090 g/mol. The Morgan fingerprint density at radius 1 is 0.433 bits per heavy atom. The molecule has 150 heavy (non-hydrogen) atoms. The number of benzene rings is 3. The van der Waals surface area contributed by atoms with Gasteiger partial charge in [-0.05, 0) is 298 Å². The Morgan fingerprint density at radius 2 is 0.847 bits per heavy atom. The minimum Gasteiger partial charge on any atom is -0.376 e. The number of amides is 3. The van der Waals surface area contributed by atoms with Gasteiger partial charge in [-0.3, -0.25) is 72.0 Å². The molecule has 31 nitrogen and oxygen atoms in total. The van der Waals surface area contributed by atoms with Crippen molar-refractivity contribution in [3.8, 4) is 33.4 Å². The Bertz CT molecular complexity index is 7260. The van der Waals surface area contributed by atoms with Crippen LogP contribution in [-0.4, -0.2) is 228 Å². The maximum absolute atomic E-state index is 14.7. The quantitative estimate of drug-likeness (QED) is 0.0640. The molecule has 0 spiro atoms. The van der Waals surface area contributed by atoms with Gasteiger partial charge >= 0.3 is 0 Å². The van der Waals surface area contributed by atoms with E-state index >= 15 is 0 Å². The SMILES string of the molecule is CC(=O)c1nn2c3c(cc(-c4cnc(C)nc4)cc13)CCC(C)C(C)CCC(=O)CC[C@@]13C[C@@H](C(=O)Cc4cccc(C)n4)N(C(=O)C2)[C@@H]1C3.CC(=O)c1nn2c3c(cc(-c4cnc(C)nc4)cc13)CCCCCCC(C)(C)OC[C@@]13C[C@@H](C(=O)Cc4cccc(C)n4)N(C(=O)C2)[C@@H]1C3.COC1c2cc(-c3cnc(C)nc3)cc3c(C(C)=O)nn(c23)CC(=O)N2[C@H](C(=O)Cc3cccc(Br)n3)C[C@]3(C[C@@H]23)CN(C)CCCCCC1C. The zero-order valence-electron chi connectivity index (χ0n) is 89.1. The summed E-state index contributed by atoms with van der Waals surface area (Å²) < 4.78 is 18.6. The Kier molecular flexibility index (Phi) is 30.7. The maximum atomic E-state index is 14.7. The molecule has 12 aromatic rings. The molecule has 21 rings (SSSR count). The van der Waals surface area contributed by atoms with E-state index in [2.05, 4.69) is 126 Å². The molecule has 6 aliphatic heterocycles. The summed E-state index contributed by atoms with van der Waals surface area (Å²) in [5, 5.41) is 16.5. The highest BCUT2D eigenvalue weighted by Gasteiger charge is 2.70. The normalized spacial score (nSPS) is 25.2. The Morgan fingerprint density at radius 3 is 1.33 bits per heavy atom. The lowest BCUT2D eigenvalue weighted by Crippen LogP contribution is -2.45. The molecule has 3 amide bonds. The molecule has 3 aliphatic carbocycles. The van der Waals surface area contributed by atoms with Gasteiger partial charge in [-0.1, -0.05) is 71.1 Å². The molecule has 15 heterocycles.